The van der Waals surface area contributed by atoms with Gasteiger partial charge < -0.3 is 10.4 Å². The van der Waals surface area contributed by atoms with Crippen LogP contribution >= 0.6 is 0 Å². The molecule has 0 saturated carbocycles. The third kappa shape index (κ3) is 3.14. The molecule has 1 atom stereocenters. The van der Waals surface area contributed by atoms with Crippen LogP contribution in [0.3, 0.4) is 0 Å². The first-order chi connectivity index (χ1) is 9.53. The SMILES string of the molecule is CC(O)(CNc1ccc(F)c(C#N)c1)c1ccccc1. The zero-order valence-electron chi connectivity index (χ0n) is 11.1. The highest BCUT2D eigenvalue weighted by Gasteiger charge is 2.22. The topological polar surface area (TPSA) is 56.0 Å². The van der Waals surface area contributed by atoms with E-state index in [1.165, 1.54) is 18.2 Å². The summed E-state index contributed by atoms with van der Waals surface area (Å²) in [6.45, 7) is 1.96. The fourth-order valence-corrected chi connectivity index (χ4v) is 1.89. The summed E-state index contributed by atoms with van der Waals surface area (Å²) in [5, 5.41) is 22.2. The molecular weight excluding hydrogens is 255 g/mol. The monoisotopic (exact) mass is 270 g/mol. The van der Waals surface area contributed by atoms with Crippen LogP contribution < -0.4 is 5.32 Å². The molecule has 0 amide bonds. The standard InChI is InChI=1S/C16H15FN2O/c1-16(20,13-5-3-2-4-6-13)11-19-14-7-8-15(17)12(9-14)10-18/h2-9,19-20H,11H2,1H3. The molecule has 3 nitrogen and oxygen atoms in total. The number of nitriles is 1. The van der Waals surface area contributed by atoms with Crippen molar-refractivity contribution in [1.82, 2.24) is 0 Å². The number of nitrogens with zero attached hydrogens (tertiary/aromatic N) is 1. The van der Waals surface area contributed by atoms with Gasteiger partial charge in [-0.25, -0.2) is 4.39 Å². The Labute approximate surface area is 117 Å². The van der Waals surface area contributed by atoms with Gasteiger partial charge in [0.15, 0.2) is 0 Å². The van der Waals surface area contributed by atoms with Gasteiger partial charge in [0, 0.05) is 12.2 Å². The second kappa shape index (κ2) is 5.72. The van der Waals surface area contributed by atoms with Gasteiger partial charge in [0.05, 0.1) is 5.56 Å². The summed E-state index contributed by atoms with van der Waals surface area (Å²) in [4.78, 5) is 0. The molecule has 0 aromatic heterocycles. The van der Waals surface area contributed by atoms with Crippen LogP contribution in [0.15, 0.2) is 48.5 Å². The molecule has 0 aliphatic carbocycles. The van der Waals surface area contributed by atoms with Gasteiger partial charge in [-0.05, 0) is 30.7 Å². The number of halogens is 1. The van der Waals surface area contributed by atoms with E-state index < -0.39 is 11.4 Å². The smallest absolute Gasteiger partial charge is 0.141 e. The molecule has 0 fully saturated rings. The van der Waals surface area contributed by atoms with Crippen molar-refractivity contribution in [2.45, 2.75) is 12.5 Å². The second-order valence-electron chi connectivity index (χ2n) is 4.80. The van der Waals surface area contributed by atoms with E-state index >= 15 is 0 Å². The molecule has 0 bridgehead atoms. The lowest BCUT2D eigenvalue weighted by molar-refractivity contribution is 0.0715. The Balaban J connectivity index is 2.11. The maximum atomic E-state index is 13.2. The third-order valence-corrected chi connectivity index (χ3v) is 3.12. The van der Waals surface area contributed by atoms with E-state index in [-0.39, 0.29) is 12.1 Å². The number of hydrogen-bond acceptors (Lipinski definition) is 3. The van der Waals surface area contributed by atoms with Gasteiger partial charge in [0.1, 0.15) is 17.5 Å². The Bertz CT molecular complexity index is 633. The maximum Gasteiger partial charge on any atom is 0.141 e. The first kappa shape index (κ1) is 14.0. The lowest BCUT2D eigenvalue weighted by Crippen LogP contribution is -2.30. The normalized spacial score (nSPS) is 13.3. The van der Waals surface area contributed by atoms with Crippen LogP contribution in [-0.4, -0.2) is 11.7 Å². The van der Waals surface area contributed by atoms with Crippen LogP contribution in [0.5, 0.6) is 0 Å². The van der Waals surface area contributed by atoms with Crippen molar-refractivity contribution in [2.24, 2.45) is 0 Å². The van der Waals surface area contributed by atoms with Gasteiger partial charge in [-0.1, -0.05) is 30.3 Å². The second-order valence-corrected chi connectivity index (χ2v) is 4.80. The van der Waals surface area contributed by atoms with Crippen molar-refractivity contribution < 1.29 is 9.50 Å². The summed E-state index contributed by atoms with van der Waals surface area (Å²) < 4.78 is 13.2. The molecule has 20 heavy (non-hydrogen) atoms. The van der Waals surface area contributed by atoms with Crippen molar-refractivity contribution in [3.63, 3.8) is 0 Å². The Morgan fingerprint density at radius 1 is 1.25 bits per heavy atom. The summed E-state index contributed by atoms with van der Waals surface area (Å²) in [5.41, 5.74) is 0.311. The van der Waals surface area contributed by atoms with Crippen molar-refractivity contribution in [1.29, 1.82) is 5.26 Å². The Hall–Kier alpha value is -2.38. The summed E-state index contributed by atoms with van der Waals surface area (Å²) in [7, 11) is 0. The van der Waals surface area contributed by atoms with Crippen molar-refractivity contribution >= 4 is 5.69 Å². The first-order valence-corrected chi connectivity index (χ1v) is 6.24. The minimum Gasteiger partial charge on any atom is -0.384 e. The predicted molar refractivity (Wildman–Crippen MR) is 75.6 cm³/mol. The largest absolute Gasteiger partial charge is 0.384 e. The van der Waals surface area contributed by atoms with Gasteiger partial charge in [-0.3, -0.25) is 0 Å². The number of benzene rings is 2. The van der Waals surface area contributed by atoms with E-state index in [1.807, 2.05) is 30.3 Å². The maximum absolute atomic E-state index is 13.2. The molecule has 2 aromatic carbocycles. The van der Waals surface area contributed by atoms with Gasteiger partial charge in [-0.15, -0.1) is 0 Å². The van der Waals surface area contributed by atoms with Crippen LogP contribution in [0.2, 0.25) is 0 Å². The molecule has 0 aliphatic rings. The summed E-state index contributed by atoms with van der Waals surface area (Å²) in [5.74, 6) is -0.548. The molecular formula is C16H15FN2O. The van der Waals surface area contributed by atoms with Crippen LogP contribution in [0.25, 0.3) is 0 Å². The van der Waals surface area contributed by atoms with E-state index in [0.29, 0.717) is 5.69 Å². The Morgan fingerprint density at radius 2 is 1.95 bits per heavy atom. The zero-order chi connectivity index (χ0) is 14.6. The molecule has 4 heteroatoms. The quantitative estimate of drug-likeness (QED) is 0.898. The van der Waals surface area contributed by atoms with E-state index in [0.717, 1.165) is 5.56 Å². The molecule has 0 heterocycles. The van der Waals surface area contributed by atoms with Crippen LogP contribution in [-0.2, 0) is 5.60 Å². The number of rotatable bonds is 4. The fourth-order valence-electron chi connectivity index (χ4n) is 1.89. The molecule has 102 valence electrons. The zero-order valence-corrected chi connectivity index (χ0v) is 11.1. The minimum absolute atomic E-state index is 0.0191. The minimum atomic E-state index is -1.05. The van der Waals surface area contributed by atoms with Crippen LogP contribution in [0, 0.1) is 17.1 Å². The number of anilines is 1. The molecule has 2 N–H and O–H groups in total. The predicted octanol–water partition coefficient (Wildman–Crippen LogP) is 3.02. The van der Waals surface area contributed by atoms with E-state index in [2.05, 4.69) is 5.32 Å². The van der Waals surface area contributed by atoms with Crippen LogP contribution in [0.4, 0.5) is 10.1 Å². The fraction of sp³-hybridized carbons (Fsp3) is 0.188. The molecule has 0 aliphatic heterocycles. The Morgan fingerprint density at radius 3 is 2.60 bits per heavy atom. The summed E-state index contributed by atoms with van der Waals surface area (Å²) in [6.07, 6.45) is 0. The van der Waals surface area contributed by atoms with Crippen molar-refractivity contribution in [2.75, 3.05) is 11.9 Å². The average Bonchev–Trinajstić information content (AvgIpc) is 2.47. The number of nitrogens with one attached hydrogen (secondary N) is 1. The third-order valence-electron chi connectivity index (χ3n) is 3.12. The van der Waals surface area contributed by atoms with Gasteiger partial charge in [0.25, 0.3) is 0 Å². The molecule has 2 aromatic rings. The lowest BCUT2D eigenvalue weighted by Gasteiger charge is -2.24. The van der Waals surface area contributed by atoms with E-state index in [9.17, 15) is 9.50 Å². The van der Waals surface area contributed by atoms with Crippen molar-refractivity contribution in [3.8, 4) is 6.07 Å². The molecule has 2 rings (SSSR count). The van der Waals surface area contributed by atoms with Gasteiger partial charge in [0.2, 0.25) is 0 Å². The van der Waals surface area contributed by atoms with Gasteiger partial charge >= 0.3 is 0 Å². The van der Waals surface area contributed by atoms with Gasteiger partial charge in [-0.2, -0.15) is 5.26 Å². The number of hydrogen-bond donors (Lipinski definition) is 2. The highest BCUT2D eigenvalue weighted by atomic mass is 19.1. The Kier molecular flexibility index (Phi) is 4.02. The lowest BCUT2D eigenvalue weighted by atomic mass is 9.96. The van der Waals surface area contributed by atoms with Crippen LogP contribution in [0.1, 0.15) is 18.1 Å². The molecule has 0 radical (unpaired) electrons. The molecule has 0 spiro atoms. The van der Waals surface area contributed by atoms with E-state index in [4.69, 9.17) is 5.26 Å². The highest BCUT2D eigenvalue weighted by molar-refractivity contribution is 5.50. The summed E-state index contributed by atoms with van der Waals surface area (Å²) in [6, 6.07) is 15.3. The first-order valence-electron chi connectivity index (χ1n) is 6.24. The number of aliphatic hydroxyl groups is 1. The highest BCUT2D eigenvalue weighted by Crippen LogP contribution is 2.22. The van der Waals surface area contributed by atoms with Crippen molar-refractivity contribution in [3.05, 3.63) is 65.5 Å². The molecule has 1 unspecified atom stereocenters. The summed E-state index contributed by atoms with van der Waals surface area (Å²) >= 11 is 0. The molecule has 0 saturated heterocycles. The average molecular weight is 270 g/mol. The van der Waals surface area contributed by atoms with E-state index in [1.54, 1.807) is 13.0 Å².